The van der Waals surface area contributed by atoms with Crippen molar-refractivity contribution in [2.45, 2.75) is 44.7 Å². The van der Waals surface area contributed by atoms with Gasteiger partial charge in [0.2, 0.25) is 10.0 Å². The summed E-state index contributed by atoms with van der Waals surface area (Å²) in [7, 11) is -3.72. The molecule has 0 N–H and O–H groups in total. The van der Waals surface area contributed by atoms with Crippen LogP contribution in [0.2, 0.25) is 0 Å². The standard InChI is InChI=1S/C20H23NO3S/c1-14-10-8-9-13-16(14)17-18(19(22)20(2,3)4)21(17)25(23,24)15-11-6-5-7-12-15/h5-13,17-18H,1-4H3/t17-,18-,21?/m1/s1. The Morgan fingerprint density at radius 1 is 0.960 bits per heavy atom. The van der Waals surface area contributed by atoms with Crippen LogP contribution in [0.1, 0.15) is 37.9 Å². The zero-order valence-electron chi connectivity index (χ0n) is 14.9. The van der Waals surface area contributed by atoms with Gasteiger partial charge in [-0.2, -0.15) is 4.31 Å². The number of carbonyl (C=O) groups is 1. The minimum atomic E-state index is -3.72. The molecule has 2 aromatic carbocycles. The highest BCUT2D eigenvalue weighted by Crippen LogP contribution is 2.50. The first-order valence-corrected chi connectivity index (χ1v) is 9.78. The van der Waals surface area contributed by atoms with Gasteiger partial charge in [0, 0.05) is 5.41 Å². The molecule has 1 unspecified atom stereocenters. The molecule has 0 aromatic heterocycles. The Morgan fingerprint density at radius 2 is 1.52 bits per heavy atom. The molecule has 1 saturated heterocycles. The summed E-state index contributed by atoms with van der Waals surface area (Å²) >= 11 is 0. The smallest absolute Gasteiger partial charge is 0.244 e. The molecule has 3 atom stereocenters. The summed E-state index contributed by atoms with van der Waals surface area (Å²) in [5.74, 6) is -0.0553. The van der Waals surface area contributed by atoms with Gasteiger partial charge in [0.05, 0.1) is 10.9 Å². The van der Waals surface area contributed by atoms with Gasteiger partial charge in [-0.3, -0.25) is 4.79 Å². The molecule has 5 heteroatoms. The fourth-order valence-corrected chi connectivity index (χ4v) is 4.88. The second-order valence-electron chi connectivity index (χ2n) is 7.51. The number of sulfonamides is 1. The predicted octanol–water partition coefficient (Wildman–Crippen LogP) is 3.72. The first-order chi connectivity index (χ1) is 11.7. The fraction of sp³-hybridized carbons (Fsp3) is 0.350. The monoisotopic (exact) mass is 357 g/mol. The minimum absolute atomic E-state index is 0.0553. The van der Waals surface area contributed by atoms with Crippen LogP contribution in [0, 0.1) is 12.3 Å². The Hall–Kier alpha value is -1.98. The maximum atomic E-state index is 13.1. The molecule has 25 heavy (non-hydrogen) atoms. The van der Waals surface area contributed by atoms with Gasteiger partial charge in [0.1, 0.15) is 6.04 Å². The van der Waals surface area contributed by atoms with Crippen molar-refractivity contribution in [3.8, 4) is 0 Å². The van der Waals surface area contributed by atoms with E-state index in [1.165, 1.54) is 4.31 Å². The summed E-state index contributed by atoms with van der Waals surface area (Å²) in [6, 6.07) is 14.9. The van der Waals surface area contributed by atoms with Crippen molar-refractivity contribution in [2.75, 3.05) is 0 Å². The van der Waals surface area contributed by atoms with Crippen molar-refractivity contribution in [1.29, 1.82) is 0 Å². The van der Waals surface area contributed by atoms with Gasteiger partial charge in [-0.15, -0.1) is 0 Å². The van der Waals surface area contributed by atoms with Crippen molar-refractivity contribution in [3.05, 3.63) is 65.7 Å². The fourth-order valence-electron chi connectivity index (χ4n) is 3.15. The van der Waals surface area contributed by atoms with E-state index in [0.29, 0.717) is 0 Å². The largest absolute Gasteiger partial charge is 0.297 e. The molecule has 0 aliphatic carbocycles. The normalized spacial score (nSPS) is 23.3. The lowest BCUT2D eigenvalue weighted by atomic mass is 9.87. The number of carbonyl (C=O) groups excluding carboxylic acids is 1. The Kier molecular flexibility index (Phi) is 4.33. The average molecular weight is 357 g/mol. The van der Waals surface area contributed by atoms with Crippen LogP contribution < -0.4 is 0 Å². The molecule has 4 nitrogen and oxygen atoms in total. The van der Waals surface area contributed by atoms with Crippen molar-refractivity contribution in [3.63, 3.8) is 0 Å². The second-order valence-corrected chi connectivity index (χ2v) is 9.35. The van der Waals surface area contributed by atoms with Gasteiger partial charge < -0.3 is 0 Å². The molecule has 3 rings (SSSR count). The lowest BCUT2D eigenvalue weighted by molar-refractivity contribution is -0.126. The van der Waals surface area contributed by atoms with Crippen LogP contribution in [0.4, 0.5) is 0 Å². The van der Waals surface area contributed by atoms with E-state index in [9.17, 15) is 13.2 Å². The zero-order valence-corrected chi connectivity index (χ0v) is 15.7. The van der Waals surface area contributed by atoms with Crippen LogP contribution in [-0.2, 0) is 14.8 Å². The second kappa shape index (κ2) is 6.07. The van der Waals surface area contributed by atoms with Crippen LogP contribution in [0.25, 0.3) is 0 Å². The zero-order chi connectivity index (χ0) is 18.4. The van der Waals surface area contributed by atoms with Gasteiger partial charge in [-0.25, -0.2) is 8.42 Å². The van der Waals surface area contributed by atoms with Crippen LogP contribution in [0.3, 0.4) is 0 Å². The molecular weight excluding hydrogens is 334 g/mol. The summed E-state index contributed by atoms with van der Waals surface area (Å²) < 4.78 is 27.6. The lowest BCUT2D eigenvalue weighted by Crippen LogP contribution is -2.29. The van der Waals surface area contributed by atoms with E-state index < -0.39 is 27.5 Å². The molecule has 1 aliphatic rings. The van der Waals surface area contributed by atoms with Gasteiger partial charge in [-0.1, -0.05) is 63.2 Å². The van der Waals surface area contributed by atoms with Gasteiger partial charge >= 0.3 is 0 Å². The molecule has 0 amide bonds. The van der Waals surface area contributed by atoms with E-state index in [4.69, 9.17) is 0 Å². The van der Waals surface area contributed by atoms with Crippen molar-refractivity contribution in [2.24, 2.45) is 5.41 Å². The Labute approximate surface area is 149 Å². The highest BCUT2D eigenvalue weighted by Gasteiger charge is 2.61. The highest BCUT2D eigenvalue weighted by molar-refractivity contribution is 7.89. The van der Waals surface area contributed by atoms with Crippen molar-refractivity contribution >= 4 is 15.8 Å². The number of ketones is 1. The minimum Gasteiger partial charge on any atom is -0.297 e. The summed E-state index contributed by atoms with van der Waals surface area (Å²) in [4.78, 5) is 13.1. The first-order valence-electron chi connectivity index (χ1n) is 8.34. The number of nitrogens with zero attached hydrogens (tertiary/aromatic N) is 1. The Morgan fingerprint density at radius 3 is 2.08 bits per heavy atom. The third-order valence-electron chi connectivity index (χ3n) is 4.59. The quantitative estimate of drug-likeness (QED) is 0.784. The van der Waals surface area contributed by atoms with Crippen LogP contribution in [0.5, 0.6) is 0 Å². The maximum absolute atomic E-state index is 13.1. The molecule has 132 valence electrons. The lowest BCUT2D eigenvalue weighted by Gasteiger charge is -2.16. The van der Waals surface area contributed by atoms with Crippen LogP contribution in [-0.4, -0.2) is 24.5 Å². The molecule has 2 aromatic rings. The average Bonchev–Trinajstić information content (AvgIpc) is 3.30. The summed E-state index contributed by atoms with van der Waals surface area (Å²) in [5.41, 5.74) is 1.28. The molecule has 0 spiro atoms. The molecule has 1 aliphatic heterocycles. The van der Waals surface area contributed by atoms with Crippen LogP contribution >= 0.6 is 0 Å². The summed E-state index contributed by atoms with van der Waals surface area (Å²) in [6.45, 7) is 7.43. The third-order valence-corrected chi connectivity index (χ3v) is 6.47. The number of aryl methyl sites for hydroxylation is 1. The summed E-state index contributed by atoms with van der Waals surface area (Å²) in [6.07, 6.45) is 0. The highest BCUT2D eigenvalue weighted by atomic mass is 32.2. The van der Waals surface area contributed by atoms with Gasteiger partial charge in [0.15, 0.2) is 5.78 Å². The number of benzene rings is 2. The number of rotatable bonds is 4. The van der Waals surface area contributed by atoms with Crippen LogP contribution in [0.15, 0.2) is 59.5 Å². The SMILES string of the molecule is Cc1ccccc1[C@@H]1[C@H](C(=O)C(C)(C)C)N1S(=O)(=O)c1ccccc1. The molecule has 1 heterocycles. The van der Waals surface area contributed by atoms with Crippen molar-refractivity contribution in [1.82, 2.24) is 4.31 Å². The van der Waals surface area contributed by atoms with Gasteiger partial charge in [0.25, 0.3) is 0 Å². The number of Topliss-reactive ketones (excluding diaryl/α,β-unsaturated/α-hetero) is 1. The molecule has 0 bridgehead atoms. The molecule has 0 radical (unpaired) electrons. The third kappa shape index (κ3) is 3.14. The van der Waals surface area contributed by atoms with E-state index in [2.05, 4.69) is 0 Å². The molecule has 0 saturated carbocycles. The number of hydrogen-bond acceptors (Lipinski definition) is 3. The van der Waals surface area contributed by atoms with E-state index >= 15 is 0 Å². The van der Waals surface area contributed by atoms with E-state index in [1.54, 1.807) is 30.3 Å². The van der Waals surface area contributed by atoms with E-state index in [0.717, 1.165) is 11.1 Å². The Bertz CT molecular complexity index is 898. The molecule has 1 fully saturated rings. The van der Waals surface area contributed by atoms with E-state index in [-0.39, 0.29) is 10.7 Å². The maximum Gasteiger partial charge on any atom is 0.244 e. The topological polar surface area (TPSA) is 54.2 Å². The van der Waals surface area contributed by atoms with Gasteiger partial charge in [-0.05, 0) is 30.2 Å². The molecular formula is C20H23NO3S. The predicted molar refractivity (Wildman–Crippen MR) is 97.6 cm³/mol. The number of hydrogen-bond donors (Lipinski definition) is 0. The first kappa shape index (κ1) is 17.8. The Balaban J connectivity index is 2.07. The van der Waals surface area contributed by atoms with Crippen molar-refractivity contribution < 1.29 is 13.2 Å². The summed E-state index contributed by atoms with van der Waals surface area (Å²) in [5, 5.41) is 0. The van der Waals surface area contributed by atoms with E-state index in [1.807, 2.05) is 52.0 Å².